The lowest BCUT2D eigenvalue weighted by atomic mass is 10.1. The predicted octanol–water partition coefficient (Wildman–Crippen LogP) is 1.43. The van der Waals surface area contributed by atoms with Crippen LogP contribution in [0.1, 0.15) is 46.7 Å². The van der Waals surface area contributed by atoms with Gasteiger partial charge in [0.1, 0.15) is 0 Å². The van der Waals surface area contributed by atoms with Crippen molar-refractivity contribution in [2.24, 2.45) is 0 Å². The number of methoxy groups -OCH3 is 4. The molecule has 1 aromatic rings. The molecule has 0 bridgehead atoms. The molecule has 0 fully saturated rings. The van der Waals surface area contributed by atoms with Crippen molar-refractivity contribution < 1.29 is 47.5 Å². The molecule has 15 nitrogen and oxygen atoms in total. The van der Waals surface area contributed by atoms with Gasteiger partial charge in [-0.05, 0) is 19.3 Å². The van der Waals surface area contributed by atoms with Crippen LogP contribution in [0.2, 0.25) is 0 Å². The maximum absolute atomic E-state index is 13.3. The van der Waals surface area contributed by atoms with Crippen LogP contribution in [0.15, 0.2) is 0 Å². The van der Waals surface area contributed by atoms with Crippen LogP contribution in [0.4, 0.5) is 11.6 Å². The Hall–Kier alpha value is -2.50. The average molecular weight is 632 g/mol. The Morgan fingerprint density at radius 1 is 0.523 bits per heavy atom. The molecule has 0 aliphatic rings. The van der Waals surface area contributed by atoms with E-state index in [2.05, 4.69) is 25.9 Å². The summed E-state index contributed by atoms with van der Waals surface area (Å²) >= 11 is 0. The molecule has 0 unspecified atom stereocenters. The monoisotopic (exact) mass is 631 g/mol. The second-order valence-corrected chi connectivity index (χ2v) is 9.38. The summed E-state index contributed by atoms with van der Waals surface area (Å²) in [5.74, 6) is -0.200. The van der Waals surface area contributed by atoms with Crippen LogP contribution in [-0.4, -0.2) is 149 Å². The highest BCUT2D eigenvalue weighted by Crippen LogP contribution is 2.21. The molecule has 1 heterocycles. The fourth-order valence-corrected chi connectivity index (χ4v) is 3.55. The summed E-state index contributed by atoms with van der Waals surface area (Å²) in [6.07, 6.45) is 2.00. The number of nitrogens with zero attached hydrogens (tertiary/aromatic N) is 2. The number of amides is 1. The Bertz CT molecular complexity index is 811. The van der Waals surface area contributed by atoms with Gasteiger partial charge in [0.15, 0.2) is 28.8 Å². The van der Waals surface area contributed by atoms with Crippen LogP contribution >= 0.6 is 0 Å². The van der Waals surface area contributed by atoms with Gasteiger partial charge in [0.2, 0.25) is 0 Å². The maximum atomic E-state index is 13.3. The van der Waals surface area contributed by atoms with E-state index in [0.717, 1.165) is 0 Å². The molecule has 44 heavy (non-hydrogen) atoms. The highest BCUT2D eigenvalue weighted by Gasteiger charge is 2.23. The summed E-state index contributed by atoms with van der Waals surface area (Å²) in [5.41, 5.74) is 0.223. The summed E-state index contributed by atoms with van der Waals surface area (Å²) in [4.78, 5) is 35.8. The van der Waals surface area contributed by atoms with Crippen molar-refractivity contribution in [2.45, 2.75) is 25.7 Å². The number of ether oxygens (including phenoxy) is 8. The van der Waals surface area contributed by atoms with Crippen molar-refractivity contribution >= 4 is 23.3 Å². The molecular formula is C29H53N5O10. The number of hydrogen-bond acceptors (Lipinski definition) is 14. The maximum Gasteiger partial charge on any atom is 0.273 e. The van der Waals surface area contributed by atoms with Crippen molar-refractivity contribution in [3.8, 4) is 0 Å². The SMILES string of the molecule is COCCOCCCNc1nc(C(=O)NCCOCCOC)c(NCCCOCCOC)nc1C(=O)CCCOCCOC. The van der Waals surface area contributed by atoms with E-state index in [-0.39, 0.29) is 41.8 Å². The van der Waals surface area contributed by atoms with Crippen molar-refractivity contribution in [3.63, 3.8) is 0 Å². The average Bonchev–Trinajstić information content (AvgIpc) is 3.03. The van der Waals surface area contributed by atoms with Crippen LogP contribution in [0, 0.1) is 0 Å². The lowest BCUT2D eigenvalue weighted by molar-refractivity contribution is 0.0669. The Balaban J connectivity index is 3.05. The molecular weight excluding hydrogens is 578 g/mol. The second-order valence-electron chi connectivity index (χ2n) is 9.38. The zero-order valence-electron chi connectivity index (χ0n) is 26.9. The smallest absolute Gasteiger partial charge is 0.273 e. The van der Waals surface area contributed by atoms with Gasteiger partial charge in [-0.15, -0.1) is 0 Å². The first-order valence-electron chi connectivity index (χ1n) is 15.1. The van der Waals surface area contributed by atoms with E-state index >= 15 is 0 Å². The molecule has 1 aromatic heterocycles. The number of Topliss-reactive ketones (excluding diaryl/α,β-unsaturated/α-hetero) is 1. The van der Waals surface area contributed by atoms with E-state index in [1.807, 2.05) is 0 Å². The minimum Gasteiger partial charge on any atom is -0.382 e. The minimum absolute atomic E-state index is 0.0699. The third-order valence-electron chi connectivity index (χ3n) is 5.84. The van der Waals surface area contributed by atoms with Crippen molar-refractivity contribution in [1.29, 1.82) is 0 Å². The van der Waals surface area contributed by atoms with Crippen LogP contribution in [-0.2, 0) is 37.9 Å². The number of anilines is 2. The van der Waals surface area contributed by atoms with E-state index in [0.29, 0.717) is 112 Å². The molecule has 0 aromatic carbocycles. The summed E-state index contributed by atoms with van der Waals surface area (Å²) in [5, 5.41) is 9.16. The van der Waals surface area contributed by atoms with Gasteiger partial charge >= 0.3 is 0 Å². The van der Waals surface area contributed by atoms with E-state index in [9.17, 15) is 9.59 Å². The first-order valence-corrected chi connectivity index (χ1v) is 15.1. The van der Waals surface area contributed by atoms with Crippen LogP contribution in [0.3, 0.4) is 0 Å². The molecule has 0 radical (unpaired) electrons. The molecule has 0 aliphatic heterocycles. The largest absolute Gasteiger partial charge is 0.382 e. The fourth-order valence-electron chi connectivity index (χ4n) is 3.55. The van der Waals surface area contributed by atoms with E-state index < -0.39 is 5.91 Å². The fraction of sp³-hybridized carbons (Fsp3) is 0.793. The Morgan fingerprint density at radius 2 is 0.955 bits per heavy atom. The molecule has 0 spiro atoms. The van der Waals surface area contributed by atoms with E-state index in [4.69, 9.17) is 37.9 Å². The molecule has 0 saturated carbocycles. The van der Waals surface area contributed by atoms with Crippen LogP contribution in [0.5, 0.6) is 0 Å². The number of hydrogen-bond donors (Lipinski definition) is 3. The Labute approximate surface area is 261 Å². The van der Waals surface area contributed by atoms with Gasteiger partial charge in [0, 0.05) is 74.3 Å². The van der Waals surface area contributed by atoms with Gasteiger partial charge in [-0.1, -0.05) is 0 Å². The first kappa shape index (κ1) is 39.5. The number of nitrogens with one attached hydrogen (secondary N) is 3. The zero-order chi connectivity index (χ0) is 32.1. The molecule has 254 valence electrons. The topological polar surface area (TPSA) is 170 Å². The standard InChI is InChI=1S/C29H53N5O10/c1-37-16-20-41-12-5-8-24(35)25-27(30-9-6-13-42-21-17-38-2)34-26(29(36)32-11-15-44-23-19-40-4)28(33-25)31-10-7-14-43-22-18-39-3/h5-23H2,1-4H3,(H,30,34)(H,31,33)(H,32,36). The molecule has 0 saturated heterocycles. The highest BCUT2D eigenvalue weighted by molar-refractivity contribution is 6.02. The third-order valence-corrected chi connectivity index (χ3v) is 5.84. The van der Waals surface area contributed by atoms with Gasteiger partial charge in [-0.2, -0.15) is 0 Å². The van der Waals surface area contributed by atoms with Gasteiger partial charge in [-0.25, -0.2) is 9.97 Å². The van der Waals surface area contributed by atoms with Crippen LogP contribution in [0.25, 0.3) is 0 Å². The minimum atomic E-state index is -0.442. The second kappa shape index (κ2) is 28.0. The number of carbonyl (C=O) groups excluding carboxylic acids is 2. The van der Waals surface area contributed by atoms with E-state index in [1.165, 1.54) is 0 Å². The van der Waals surface area contributed by atoms with Crippen molar-refractivity contribution in [3.05, 3.63) is 11.4 Å². The predicted molar refractivity (Wildman–Crippen MR) is 165 cm³/mol. The first-order chi connectivity index (χ1) is 21.6. The lowest BCUT2D eigenvalue weighted by Crippen LogP contribution is -2.30. The summed E-state index contributed by atoms with van der Waals surface area (Å²) in [6, 6.07) is 0. The molecule has 0 atom stereocenters. The van der Waals surface area contributed by atoms with Crippen LogP contribution < -0.4 is 16.0 Å². The lowest BCUT2D eigenvalue weighted by Gasteiger charge is -2.16. The molecule has 0 aliphatic carbocycles. The van der Waals surface area contributed by atoms with Crippen molar-refractivity contribution in [1.82, 2.24) is 15.3 Å². The third kappa shape index (κ3) is 19.0. The zero-order valence-corrected chi connectivity index (χ0v) is 26.9. The molecule has 15 heteroatoms. The summed E-state index contributed by atoms with van der Waals surface area (Å²) in [6.45, 7) is 6.70. The highest BCUT2D eigenvalue weighted by atomic mass is 16.5. The normalized spacial score (nSPS) is 11.1. The molecule has 3 N–H and O–H groups in total. The Kier molecular flexibility index (Phi) is 25.2. The Morgan fingerprint density at radius 3 is 1.45 bits per heavy atom. The molecule has 1 rings (SSSR count). The number of carbonyl (C=O) groups is 2. The quantitative estimate of drug-likeness (QED) is 0.0794. The van der Waals surface area contributed by atoms with Gasteiger partial charge in [0.05, 0.1) is 59.5 Å². The van der Waals surface area contributed by atoms with Gasteiger partial charge in [-0.3, -0.25) is 9.59 Å². The summed E-state index contributed by atoms with van der Waals surface area (Å²) < 4.78 is 41.9. The summed E-state index contributed by atoms with van der Waals surface area (Å²) in [7, 11) is 6.43. The number of rotatable bonds is 31. The van der Waals surface area contributed by atoms with Crippen molar-refractivity contribution in [2.75, 3.05) is 138 Å². The number of aromatic nitrogens is 2. The molecule has 1 amide bonds. The van der Waals surface area contributed by atoms with Gasteiger partial charge in [0.25, 0.3) is 5.91 Å². The number of ketones is 1. The van der Waals surface area contributed by atoms with E-state index in [1.54, 1.807) is 28.4 Å². The van der Waals surface area contributed by atoms with Gasteiger partial charge < -0.3 is 53.8 Å².